The van der Waals surface area contributed by atoms with Crippen molar-refractivity contribution in [2.24, 2.45) is 0 Å². The lowest BCUT2D eigenvalue weighted by Crippen LogP contribution is -1.97. The second-order valence-electron chi connectivity index (χ2n) is 3.18. The molecule has 0 atom stereocenters. The van der Waals surface area contributed by atoms with Gasteiger partial charge in [0.25, 0.3) is 0 Å². The minimum atomic E-state index is 0.973. The highest BCUT2D eigenvalue weighted by Gasteiger charge is 2.08. The zero-order valence-electron chi connectivity index (χ0n) is 8.00. The molecule has 0 amide bonds. The molecular weight excluding hydrogens is 164 g/mol. The quantitative estimate of drug-likeness (QED) is 0.716. The molecule has 2 rings (SSSR count). The van der Waals surface area contributed by atoms with Gasteiger partial charge in [-0.1, -0.05) is 0 Å². The second-order valence-corrected chi connectivity index (χ2v) is 3.18. The van der Waals surface area contributed by atoms with Gasteiger partial charge in [0.2, 0.25) is 0 Å². The molecule has 0 aromatic carbocycles. The molecule has 2 aromatic rings. The van der Waals surface area contributed by atoms with Crippen molar-refractivity contribution in [1.82, 2.24) is 20.0 Å². The number of nitrogens with zero attached hydrogens (tertiary/aromatic N) is 3. The van der Waals surface area contributed by atoms with Gasteiger partial charge in [-0.15, -0.1) is 0 Å². The third-order valence-electron chi connectivity index (χ3n) is 2.04. The van der Waals surface area contributed by atoms with Crippen LogP contribution in [0.25, 0.3) is 5.69 Å². The van der Waals surface area contributed by atoms with Crippen molar-refractivity contribution in [3.8, 4) is 5.69 Å². The van der Waals surface area contributed by atoms with Crippen molar-refractivity contribution in [3.05, 3.63) is 29.3 Å². The van der Waals surface area contributed by atoms with Gasteiger partial charge < -0.3 is 0 Å². The van der Waals surface area contributed by atoms with Crippen LogP contribution in [-0.2, 0) is 0 Å². The molecule has 0 unspecified atom stereocenters. The summed E-state index contributed by atoms with van der Waals surface area (Å²) < 4.78 is 1.85. The van der Waals surface area contributed by atoms with Crippen molar-refractivity contribution >= 4 is 0 Å². The first-order valence-electron chi connectivity index (χ1n) is 4.22. The first-order chi connectivity index (χ1) is 6.18. The lowest BCUT2D eigenvalue weighted by Gasteiger charge is -1.99. The maximum absolute atomic E-state index is 4.33. The van der Waals surface area contributed by atoms with Crippen LogP contribution in [0.2, 0.25) is 0 Å². The number of aromatic nitrogens is 4. The summed E-state index contributed by atoms with van der Waals surface area (Å²) >= 11 is 0. The van der Waals surface area contributed by atoms with E-state index in [-0.39, 0.29) is 0 Å². The van der Waals surface area contributed by atoms with Gasteiger partial charge in [0.05, 0.1) is 17.1 Å². The Hall–Kier alpha value is -1.58. The molecule has 4 heteroatoms. The monoisotopic (exact) mass is 176 g/mol. The Balaban J connectivity index is 2.57. The normalized spacial score (nSPS) is 10.7. The van der Waals surface area contributed by atoms with Crippen molar-refractivity contribution in [1.29, 1.82) is 0 Å². The number of hydrogen-bond donors (Lipinski definition) is 1. The minimum absolute atomic E-state index is 0.973. The Morgan fingerprint density at radius 2 is 2.08 bits per heavy atom. The van der Waals surface area contributed by atoms with Crippen LogP contribution in [0.15, 0.2) is 12.3 Å². The second kappa shape index (κ2) is 2.73. The number of nitrogens with one attached hydrogen (secondary N) is 1. The van der Waals surface area contributed by atoms with E-state index in [1.165, 1.54) is 0 Å². The zero-order valence-corrected chi connectivity index (χ0v) is 8.00. The molecule has 0 fully saturated rings. The van der Waals surface area contributed by atoms with E-state index in [0.717, 1.165) is 22.8 Å². The molecule has 2 heterocycles. The topological polar surface area (TPSA) is 46.5 Å². The Labute approximate surface area is 76.6 Å². The van der Waals surface area contributed by atoms with E-state index in [2.05, 4.69) is 15.3 Å². The summed E-state index contributed by atoms with van der Waals surface area (Å²) in [4.78, 5) is 0. The largest absolute Gasteiger partial charge is 0.280 e. The molecule has 0 aliphatic rings. The Kier molecular flexibility index (Phi) is 1.69. The number of aryl methyl sites for hydroxylation is 3. The number of hydrogen-bond acceptors (Lipinski definition) is 2. The predicted octanol–water partition coefficient (Wildman–Crippen LogP) is 1.52. The van der Waals surface area contributed by atoms with E-state index in [9.17, 15) is 0 Å². The summed E-state index contributed by atoms with van der Waals surface area (Å²) in [6.45, 7) is 5.93. The molecule has 68 valence electrons. The molecule has 0 aliphatic heterocycles. The van der Waals surface area contributed by atoms with E-state index >= 15 is 0 Å². The molecule has 13 heavy (non-hydrogen) atoms. The van der Waals surface area contributed by atoms with Crippen LogP contribution in [0.5, 0.6) is 0 Å². The third-order valence-corrected chi connectivity index (χ3v) is 2.04. The van der Waals surface area contributed by atoms with E-state index in [1.807, 2.05) is 37.7 Å². The van der Waals surface area contributed by atoms with Gasteiger partial charge in [0, 0.05) is 6.20 Å². The highest BCUT2D eigenvalue weighted by Crippen LogP contribution is 2.14. The Bertz CT molecular complexity index is 405. The van der Waals surface area contributed by atoms with Crippen molar-refractivity contribution in [3.63, 3.8) is 0 Å². The van der Waals surface area contributed by atoms with Crippen LogP contribution in [0.3, 0.4) is 0 Å². The lowest BCUT2D eigenvalue weighted by molar-refractivity contribution is 0.850. The summed E-state index contributed by atoms with van der Waals surface area (Å²) in [6.07, 6.45) is 1.94. The van der Waals surface area contributed by atoms with Gasteiger partial charge in [0.1, 0.15) is 5.69 Å². The molecule has 2 aromatic heterocycles. The number of aromatic amines is 1. The molecular formula is C9H12N4. The van der Waals surface area contributed by atoms with Crippen LogP contribution in [-0.4, -0.2) is 20.0 Å². The molecule has 0 saturated heterocycles. The van der Waals surface area contributed by atoms with Gasteiger partial charge in [-0.05, 0) is 26.8 Å². The van der Waals surface area contributed by atoms with Crippen LogP contribution in [0.1, 0.15) is 17.1 Å². The highest BCUT2D eigenvalue weighted by atomic mass is 15.3. The molecule has 0 saturated carbocycles. The van der Waals surface area contributed by atoms with Crippen molar-refractivity contribution in [2.75, 3.05) is 0 Å². The van der Waals surface area contributed by atoms with Crippen LogP contribution in [0, 0.1) is 20.8 Å². The molecule has 4 nitrogen and oxygen atoms in total. The fourth-order valence-electron chi connectivity index (χ4n) is 1.42. The average molecular weight is 176 g/mol. The predicted molar refractivity (Wildman–Crippen MR) is 49.9 cm³/mol. The maximum Gasteiger partial charge on any atom is 0.108 e. The molecule has 1 N–H and O–H groups in total. The van der Waals surface area contributed by atoms with Gasteiger partial charge in [-0.2, -0.15) is 10.2 Å². The fourth-order valence-corrected chi connectivity index (χ4v) is 1.42. The zero-order chi connectivity index (χ0) is 9.42. The summed E-state index contributed by atoms with van der Waals surface area (Å²) in [5.41, 5.74) is 4.08. The van der Waals surface area contributed by atoms with E-state index < -0.39 is 0 Å². The van der Waals surface area contributed by atoms with Crippen molar-refractivity contribution < 1.29 is 0 Å². The van der Waals surface area contributed by atoms with E-state index in [4.69, 9.17) is 0 Å². The smallest absolute Gasteiger partial charge is 0.108 e. The summed E-state index contributed by atoms with van der Waals surface area (Å²) in [5.74, 6) is 0. The SMILES string of the molecule is Cc1ccn(-c2c(C)n[nH]c2C)n1. The molecule has 0 radical (unpaired) electrons. The Morgan fingerprint density at radius 3 is 2.54 bits per heavy atom. The number of rotatable bonds is 1. The van der Waals surface area contributed by atoms with E-state index in [0.29, 0.717) is 0 Å². The lowest BCUT2D eigenvalue weighted by atomic mass is 10.3. The van der Waals surface area contributed by atoms with Gasteiger partial charge in [-0.3, -0.25) is 5.10 Å². The minimum Gasteiger partial charge on any atom is -0.280 e. The maximum atomic E-state index is 4.33. The van der Waals surface area contributed by atoms with Gasteiger partial charge in [0.15, 0.2) is 0 Å². The van der Waals surface area contributed by atoms with Crippen LogP contribution in [0.4, 0.5) is 0 Å². The van der Waals surface area contributed by atoms with E-state index in [1.54, 1.807) is 0 Å². The highest BCUT2D eigenvalue weighted by molar-refractivity contribution is 5.39. The van der Waals surface area contributed by atoms with Gasteiger partial charge in [-0.25, -0.2) is 4.68 Å². The van der Waals surface area contributed by atoms with Crippen LogP contribution < -0.4 is 0 Å². The van der Waals surface area contributed by atoms with Crippen LogP contribution >= 0.6 is 0 Å². The summed E-state index contributed by atoms with van der Waals surface area (Å²) in [6, 6.07) is 1.98. The standard InChI is InChI=1S/C9H12N4/c1-6-4-5-13(12-6)9-7(2)10-11-8(9)3/h4-5H,1-3H3,(H,10,11). The number of H-pyrrole nitrogens is 1. The molecule has 0 bridgehead atoms. The fraction of sp³-hybridized carbons (Fsp3) is 0.333. The third kappa shape index (κ3) is 1.24. The first kappa shape index (κ1) is 8.04. The molecule has 0 spiro atoms. The first-order valence-corrected chi connectivity index (χ1v) is 4.22. The summed E-state index contributed by atoms with van der Waals surface area (Å²) in [5, 5.41) is 11.4. The average Bonchev–Trinajstić information content (AvgIpc) is 2.60. The van der Waals surface area contributed by atoms with Crippen molar-refractivity contribution in [2.45, 2.75) is 20.8 Å². The Morgan fingerprint density at radius 1 is 1.31 bits per heavy atom. The van der Waals surface area contributed by atoms with Gasteiger partial charge >= 0.3 is 0 Å². The summed E-state index contributed by atoms with van der Waals surface area (Å²) in [7, 11) is 0. The molecule has 0 aliphatic carbocycles.